The molecule has 0 aliphatic heterocycles. The lowest BCUT2D eigenvalue weighted by atomic mass is 10.2. The molecule has 0 bridgehead atoms. The number of hydrogen-bond donors (Lipinski definition) is 2. The second-order valence-electron chi connectivity index (χ2n) is 4.68. The zero-order valence-corrected chi connectivity index (χ0v) is 13.5. The number of hydrogen-bond acceptors (Lipinski definition) is 6. The minimum absolute atomic E-state index is 0.133. The zero-order valence-electron chi connectivity index (χ0n) is 13.5. The van der Waals surface area contributed by atoms with Gasteiger partial charge in [0.15, 0.2) is 6.10 Å². The van der Waals surface area contributed by atoms with Crippen molar-refractivity contribution in [2.24, 2.45) is 0 Å². The van der Waals surface area contributed by atoms with E-state index in [1.54, 1.807) is 30.3 Å². The highest BCUT2D eigenvalue weighted by molar-refractivity contribution is 6.00. The quantitative estimate of drug-likeness (QED) is 0.613. The van der Waals surface area contributed by atoms with E-state index in [0.29, 0.717) is 5.56 Å². The summed E-state index contributed by atoms with van der Waals surface area (Å²) in [6.45, 7) is 2.52. The number of nitrogens with one attached hydrogen (secondary N) is 2. The lowest BCUT2D eigenvalue weighted by Crippen LogP contribution is -2.40. The lowest BCUT2D eigenvalue weighted by Gasteiger charge is -2.14. The summed E-state index contributed by atoms with van der Waals surface area (Å²) in [6, 6.07) is 8.77. The topological polar surface area (TPSA) is 111 Å². The third kappa shape index (κ3) is 6.30. The highest BCUT2D eigenvalue weighted by Gasteiger charge is 2.22. The van der Waals surface area contributed by atoms with Gasteiger partial charge in [-0.15, -0.1) is 0 Å². The van der Waals surface area contributed by atoms with Gasteiger partial charge in [0.2, 0.25) is 5.91 Å². The molecule has 3 amide bonds. The van der Waals surface area contributed by atoms with E-state index in [0.717, 1.165) is 7.11 Å². The van der Waals surface area contributed by atoms with Gasteiger partial charge in [-0.05, 0) is 18.6 Å². The molecular formula is C16H18N2O6. The largest absolute Gasteiger partial charge is 0.453 e. The average Bonchev–Trinajstić information content (AvgIpc) is 2.54. The van der Waals surface area contributed by atoms with Gasteiger partial charge in [0.1, 0.15) is 5.70 Å². The first-order valence-electron chi connectivity index (χ1n) is 6.97. The number of carbonyl (C=O) groups is 4. The summed E-state index contributed by atoms with van der Waals surface area (Å²) in [6.07, 6.45) is -0.816. The van der Waals surface area contributed by atoms with Gasteiger partial charge in [-0.2, -0.15) is 0 Å². The molecule has 0 spiro atoms. The standard InChI is InChI=1S/C16H18N2O6/c1-10(14(20)18-16(22)23-3)24-15(21)13(17-11(2)19)9-12-7-5-4-6-8-12/h4-10H,1-3H3,(H,17,19)(H,18,20,22)/b13-9-/t10-/m0/s1. The van der Waals surface area contributed by atoms with E-state index in [1.165, 1.54) is 19.9 Å². The average molecular weight is 334 g/mol. The number of esters is 1. The molecule has 24 heavy (non-hydrogen) atoms. The van der Waals surface area contributed by atoms with Crippen LogP contribution in [0.2, 0.25) is 0 Å². The van der Waals surface area contributed by atoms with Crippen molar-refractivity contribution in [3.05, 3.63) is 41.6 Å². The normalized spacial score (nSPS) is 11.9. The van der Waals surface area contributed by atoms with Crippen LogP contribution in [0.3, 0.4) is 0 Å². The fraction of sp³-hybridized carbons (Fsp3) is 0.250. The van der Waals surface area contributed by atoms with E-state index in [2.05, 4.69) is 10.1 Å². The second kappa shape index (κ2) is 9.09. The van der Waals surface area contributed by atoms with Gasteiger partial charge in [0.05, 0.1) is 7.11 Å². The van der Waals surface area contributed by atoms with Crippen molar-refractivity contribution in [2.45, 2.75) is 20.0 Å². The Bertz CT molecular complexity index is 654. The molecule has 0 radical (unpaired) electrons. The van der Waals surface area contributed by atoms with Gasteiger partial charge in [-0.25, -0.2) is 9.59 Å². The number of ether oxygens (including phenoxy) is 2. The van der Waals surface area contributed by atoms with E-state index >= 15 is 0 Å². The molecule has 1 aromatic rings. The van der Waals surface area contributed by atoms with Gasteiger partial charge >= 0.3 is 12.1 Å². The van der Waals surface area contributed by atoms with E-state index in [4.69, 9.17) is 4.74 Å². The number of alkyl carbamates (subject to hydrolysis) is 1. The van der Waals surface area contributed by atoms with E-state index in [9.17, 15) is 19.2 Å². The molecule has 0 saturated carbocycles. The predicted molar refractivity (Wildman–Crippen MR) is 84.3 cm³/mol. The first kappa shape index (κ1) is 18.9. The molecule has 128 valence electrons. The fourth-order valence-corrected chi connectivity index (χ4v) is 1.58. The van der Waals surface area contributed by atoms with Crippen LogP contribution in [0.4, 0.5) is 4.79 Å². The second-order valence-corrected chi connectivity index (χ2v) is 4.68. The van der Waals surface area contributed by atoms with Crippen LogP contribution < -0.4 is 10.6 Å². The summed E-state index contributed by atoms with van der Waals surface area (Å²) in [7, 11) is 1.09. The summed E-state index contributed by atoms with van der Waals surface area (Å²) in [4.78, 5) is 46.0. The molecule has 0 unspecified atom stereocenters. The van der Waals surface area contributed by atoms with Crippen LogP contribution in [-0.4, -0.2) is 37.1 Å². The molecule has 0 aromatic heterocycles. The van der Waals surface area contributed by atoms with Gasteiger partial charge in [-0.3, -0.25) is 14.9 Å². The van der Waals surface area contributed by atoms with Gasteiger partial charge in [-0.1, -0.05) is 30.3 Å². The van der Waals surface area contributed by atoms with Crippen LogP contribution in [-0.2, 0) is 23.9 Å². The predicted octanol–water partition coefficient (Wildman–Crippen LogP) is 0.978. The third-order valence-corrected chi connectivity index (χ3v) is 2.70. The van der Waals surface area contributed by atoms with E-state index in [1.807, 2.05) is 5.32 Å². The number of amides is 3. The number of methoxy groups -OCH3 is 1. The molecule has 8 heteroatoms. The number of benzene rings is 1. The van der Waals surface area contributed by atoms with Crippen molar-refractivity contribution in [3.8, 4) is 0 Å². The van der Waals surface area contributed by atoms with Crippen LogP contribution >= 0.6 is 0 Å². The van der Waals surface area contributed by atoms with Crippen molar-refractivity contribution >= 4 is 30.0 Å². The number of rotatable bonds is 5. The maximum Gasteiger partial charge on any atom is 0.413 e. The van der Waals surface area contributed by atoms with Crippen molar-refractivity contribution in [2.75, 3.05) is 7.11 Å². The van der Waals surface area contributed by atoms with Crippen LogP contribution in [0.25, 0.3) is 6.08 Å². The Balaban J connectivity index is 2.85. The summed E-state index contributed by atoms with van der Waals surface area (Å²) < 4.78 is 9.23. The molecule has 8 nitrogen and oxygen atoms in total. The summed E-state index contributed by atoms with van der Waals surface area (Å²) in [5, 5.41) is 4.23. The maximum atomic E-state index is 12.2. The Morgan fingerprint density at radius 3 is 2.25 bits per heavy atom. The first-order chi connectivity index (χ1) is 11.3. The SMILES string of the molecule is COC(=O)NC(=O)[C@H](C)OC(=O)/C(=C/c1ccccc1)NC(C)=O. The Kier molecular flexibility index (Phi) is 7.15. The molecule has 1 atom stereocenters. The molecule has 1 rings (SSSR count). The molecule has 0 saturated heterocycles. The summed E-state index contributed by atoms with van der Waals surface area (Å²) in [5.74, 6) is -2.24. The monoisotopic (exact) mass is 334 g/mol. The zero-order chi connectivity index (χ0) is 18.1. The van der Waals surface area contributed by atoms with Crippen molar-refractivity contribution in [1.82, 2.24) is 10.6 Å². The van der Waals surface area contributed by atoms with Crippen molar-refractivity contribution < 1.29 is 28.7 Å². The van der Waals surface area contributed by atoms with Crippen molar-refractivity contribution in [3.63, 3.8) is 0 Å². The first-order valence-corrected chi connectivity index (χ1v) is 6.97. The lowest BCUT2D eigenvalue weighted by molar-refractivity contribution is -0.151. The molecule has 1 aromatic carbocycles. The Labute approximate surface area is 138 Å². The summed E-state index contributed by atoms with van der Waals surface area (Å²) >= 11 is 0. The third-order valence-electron chi connectivity index (χ3n) is 2.70. The van der Waals surface area contributed by atoms with E-state index < -0.39 is 30.0 Å². The molecule has 0 fully saturated rings. The molecule has 0 heterocycles. The Hall–Kier alpha value is -3.16. The highest BCUT2D eigenvalue weighted by atomic mass is 16.6. The van der Waals surface area contributed by atoms with Crippen LogP contribution in [0, 0.1) is 0 Å². The Morgan fingerprint density at radius 1 is 1.08 bits per heavy atom. The van der Waals surface area contributed by atoms with Crippen LogP contribution in [0.1, 0.15) is 19.4 Å². The maximum absolute atomic E-state index is 12.2. The molecule has 0 aliphatic carbocycles. The van der Waals surface area contributed by atoms with Gasteiger partial charge in [0, 0.05) is 6.92 Å². The van der Waals surface area contributed by atoms with E-state index in [-0.39, 0.29) is 5.70 Å². The number of imide groups is 1. The van der Waals surface area contributed by atoms with Crippen molar-refractivity contribution in [1.29, 1.82) is 0 Å². The summed E-state index contributed by atoms with van der Waals surface area (Å²) in [5.41, 5.74) is 0.524. The van der Waals surface area contributed by atoms with Gasteiger partial charge in [0.25, 0.3) is 5.91 Å². The molecule has 2 N–H and O–H groups in total. The highest BCUT2D eigenvalue weighted by Crippen LogP contribution is 2.08. The molecular weight excluding hydrogens is 316 g/mol. The number of carbonyl (C=O) groups excluding carboxylic acids is 4. The minimum Gasteiger partial charge on any atom is -0.453 e. The van der Waals surface area contributed by atoms with Crippen LogP contribution in [0.15, 0.2) is 36.0 Å². The van der Waals surface area contributed by atoms with Crippen LogP contribution in [0.5, 0.6) is 0 Å². The molecule has 0 aliphatic rings. The smallest absolute Gasteiger partial charge is 0.413 e. The Morgan fingerprint density at radius 2 is 1.71 bits per heavy atom. The van der Waals surface area contributed by atoms with Gasteiger partial charge < -0.3 is 14.8 Å². The minimum atomic E-state index is -1.26. The fourth-order valence-electron chi connectivity index (χ4n) is 1.58.